The fraction of sp³-hybridized carbons (Fsp3) is 0.400. The smallest absolute Gasteiger partial charge is 0.114 e. The fourth-order valence-electron chi connectivity index (χ4n) is 0.917. The summed E-state index contributed by atoms with van der Waals surface area (Å²) in [6, 6.07) is 3.62. The third-order valence-electron chi connectivity index (χ3n) is 1.97. The number of aromatic nitrogens is 1. The van der Waals surface area contributed by atoms with Crippen molar-refractivity contribution in [1.82, 2.24) is 4.98 Å². The van der Waals surface area contributed by atoms with Crippen LogP contribution in [0.5, 0.6) is 0 Å². The predicted molar refractivity (Wildman–Crippen MR) is 60.4 cm³/mol. The average Bonchev–Trinajstić information content (AvgIpc) is 2.20. The Morgan fingerprint density at radius 3 is 2.80 bits per heavy atom. The van der Waals surface area contributed by atoms with Crippen LogP contribution in [-0.2, 0) is 0 Å². The number of thioether (sulfide) groups is 1. The summed E-state index contributed by atoms with van der Waals surface area (Å²) in [6.45, 7) is 3.59. The molecule has 2 atom stereocenters. The summed E-state index contributed by atoms with van der Waals surface area (Å²) in [5.41, 5.74) is 6.45. The van der Waals surface area contributed by atoms with Crippen LogP contribution in [0.2, 0.25) is 0 Å². The number of rotatable bonds is 3. The van der Waals surface area contributed by atoms with E-state index in [1.165, 1.54) is 18.0 Å². The zero-order valence-corrected chi connectivity index (χ0v) is 9.45. The van der Waals surface area contributed by atoms with Gasteiger partial charge in [-0.3, -0.25) is 0 Å². The molecule has 0 amide bonds. The van der Waals surface area contributed by atoms with Crippen LogP contribution in [0.15, 0.2) is 17.3 Å². The minimum Gasteiger partial charge on any atom is -0.397 e. The maximum Gasteiger partial charge on any atom is 0.114 e. The molecule has 4 nitrogen and oxygen atoms in total. The summed E-state index contributed by atoms with van der Waals surface area (Å²) in [6.07, 6.45) is 1.07. The molecule has 0 aliphatic carbocycles. The van der Waals surface area contributed by atoms with Gasteiger partial charge < -0.3 is 10.8 Å². The third kappa shape index (κ3) is 3.11. The zero-order chi connectivity index (χ0) is 11.4. The van der Waals surface area contributed by atoms with Crippen molar-refractivity contribution in [2.75, 3.05) is 5.73 Å². The molecule has 0 aromatic carbocycles. The Labute approximate surface area is 93.1 Å². The van der Waals surface area contributed by atoms with Crippen molar-refractivity contribution >= 4 is 17.4 Å². The lowest BCUT2D eigenvalue weighted by molar-refractivity contribution is 0.196. The van der Waals surface area contributed by atoms with E-state index in [0.29, 0.717) is 16.3 Å². The first kappa shape index (κ1) is 11.8. The summed E-state index contributed by atoms with van der Waals surface area (Å²) in [5, 5.41) is 18.8. The Bertz CT molecular complexity index is 387. The molecule has 0 radical (unpaired) electrons. The van der Waals surface area contributed by atoms with Crippen molar-refractivity contribution in [2.24, 2.45) is 0 Å². The van der Waals surface area contributed by atoms with Gasteiger partial charge in [-0.25, -0.2) is 4.98 Å². The molecule has 1 heterocycles. The first-order valence-electron chi connectivity index (χ1n) is 4.55. The summed E-state index contributed by atoms with van der Waals surface area (Å²) in [4.78, 5) is 4.08. The summed E-state index contributed by atoms with van der Waals surface area (Å²) in [7, 11) is 0. The molecule has 0 aliphatic rings. The number of aliphatic hydroxyl groups is 1. The van der Waals surface area contributed by atoms with Gasteiger partial charge in [0, 0.05) is 5.25 Å². The van der Waals surface area contributed by atoms with Gasteiger partial charge in [0.1, 0.15) is 11.1 Å². The highest BCUT2D eigenvalue weighted by atomic mass is 32.2. The molecule has 0 spiro atoms. The Morgan fingerprint density at radius 2 is 2.27 bits per heavy atom. The Balaban J connectivity index is 2.91. The maximum absolute atomic E-state index is 9.34. The number of anilines is 1. The van der Waals surface area contributed by atoms with Crippen LogP contribution in [-0.4, -0.2) is 21.4 Å². The lowest BCUT2D eigenvalue weighted by Gasteiger charge is -2.13. The first-order valence-corrected chi connectivity index (χ1v) is 5.43. The number of hydrogen-bond donors (Lipinski definition) is 2. The van der Waals surface area contributed by atoms with E-state index in [9.17, 15) is 5.11 Å². The van der Waals surface area contributed by atoms with Gasteiger partial charge in [0.05, 0.1) is 23.6 Å². The molecule has 3 N–H and O–H groups in total. The SMILES string of the molecule is CC(O)C(C)Sc1ncc(N)cc1C#N. The highest BCUT2D eigenvalue weighted by Crippen LogP contribution is 2.27. The molecule has 1 aromatic heterocycles. The van der Waals surface area contributed by atoms with E-state index < -0.39 is 6.10 Å². The number of pyridine rings is 1. The topological polar surface area (TPSA) is 82.9 Å². The van der Waals surface area contributed by atoms with Gasteiger partial charge in [0.25, 0.3) is 0 Å². The third-order valence-corrected chi connectivity index (χ3v) is 3.28. The summed E-state index contributed by atoms with van der Waals surface area (Å²) >= 11 is 1.37. The highest BCUT2D eigenvalue weighted by Gasteiger charge is 2.14. The number of nitrogens with zero attached hydrogens (tertiary/aromatic N) is 2. The molecule has 1 rings (SSSR count). The Morgan fingerprint density at radius 1 is 1.60 bits per heavy atom. The largest absolute Gasteiger partial charge is 0.397 e. The Hall–Kier alpha value is -1.25. The fourth-order valence-corrected chi connectivity index (χ4v) is 1.81. The molecule has 0 bridgehead atoms. The van der Waals surface area contributed by atoms with Crippen molar-refractivity contribution in [3.63, 3.8) is 0 Å². The van der Waals surface area contributed by atoms with Gasteiger partial charge in [-0.2, -0.15) is 5.26 Å². The first-order chi connectivity index (χ1) is 7.04. The van der Waals surface area contributed by atoms with E-state index in [1.54, 1.807) is 13.0 Å². The maximum atomic E-state index is 9.34. The van der Waals surface area contributed by atoms with Crippen molar-refractivity contribution in [3.05, 3.63) is 17.8 Å². The van der Waals surface area contributed by atoms with Crippen LogP contribution in [0.4, 0.5) is 5.69 Å². The van der Waals surface area contributed by atoms with Crippen molar-refractivity contribution in [3.8, 4) is 6.07 Å². The lowest BCUT2D eigenvalue weighted by Crippen LogP contribution is -2.15. The van der Waals surface area contributed by atoms with Gasteiger partial charge >= 0.3 is 0 Å². The van der Waals surface area contributed by atoms with Gasteiger partial charge in [-0.05, 0) is 13.0 Å². The standard InChI is InChI=1S/C10H13N3OS/c1-6(14)7(2)15-10-8(4-11)3-9(12)5-13-10/h3,5-7,14H,12H2,1-2H3. The molecular formula is C10H13N3OS. The molecule has 15 heavy (non-hydrogen) atoms. The zero-order valence-electron chi connectivity index (χ0n) is 8.64. The molecule has 0 saturated carbocycles. The van der Waals surface area contributed by atoms with E-state index >= 15 is 0 Å². The molecular weight excluding hydrogens is 210 g/mol. The quantitative estimate of drug-likeness (QED) is 0.757. The summed E-state index contributed by atoms with van der Waals surface area (Å²) in [5.74, 6) is 0. The van der Waals surface area contributed by atoms with Gasteiger partial charge in [0.15, 0.2) is 0 Å². The van der Waals surface area contributed by atoms with E-state index in [1.807, 2.05) is 13.0 Å². The molecule has 5 heteroatoms. The second-order valence-corrected chi connectivity index (χ2v) is 4.66. The number of nitrogens with two attached hydrogens (primary N) is 1. The van der Waals surface area contributed by atoms with Gasteiger partial charge in [0.2, 0.25) is 0 Å². The summed E-state index contributed by atoms with van der Waals surface area (Å²) < 4.78 is 0. The lowest BCUT2D eigenvalue weighted by atomic mass is 10.3. The second kappa shape index (κ2) is 5.01. The molecule has 2 unspecified atom stereocenters. The molecule has 0 aliphatic heterocycles. The van der Waals surface area contributed by atoms with Crippen molar-refractivity contribution in [2.45, 2.75) is 30.2 Å². The van der Waals surface area contributed by atoms with Gasteiger partial charge in [-0.15, -0.1) is 0 Å². The minimum absolute atomic E-state index is 0.00627. The number of nitriles is 1. The average molecular weight is 223 g/mol. The van der Waals surface area contributed by atoms with Crippen LogP contribution >= 0.6 is 11.8 Å². The van der Waals surface area contributed by atoms with Crippen LogP contribution in [0, 0.1) is 11.3 Å². The molecule has 0 fully saturated rings. The monoisotopic (exact) mass is 223 g/mol. The van der Waals surface area contributed by atoms with E-state index in [0.717, 1.165) is 0 Å². The van der Waals surface area contributed by atoms with E-state index in [-0.39, 0.29) is 5.25 Å². The Kier molecular flexibility index (Phi) is 3.95. The predicted octanol–water partition coefficient (Wildman–Crippen LogP) is 1.40. The molecule has 1 aromatic rings. The van der Waals surface area contributed by atoms with Crippen LogP contribution < -0.4 is 5.73 Å². The molecule has 80 valence electrons. The van der Waals surface area contributed by atoms with Crippen molar-refractivity contribution < 1.29 is 5.11 Å². The normalized spacial score (nSPS) is 14.3. The van der Waals surface area contributed by atoms with Crippen LogP contribution in [0.3, 0.4) is 0 Å². The second-order valence-electron chi connectivity index (χ2n) is 3.30. The number of aliphatic hydroxyl groups excluding tert-OH is 1. The van der Waals surface area contributed by atoms with Crippen LogP contribution in [0.1, 0.15) is 19.4 Å². The van der Waals surface area contributed by atoms with Gasteiger partial charge in [-0.1, -0.05) is 18.7 Å². The van der Waals surface area contributed by atoms with E-state index in [4.69, 9.17) is 11.0 Å². The highest BCUT2D eigenvalue weighted by molar-refractivity contribution is 7.99. The van der Waals surface area contributed by atoms with E-state index in [2.05, 4.69) is 4.98 Å². The number of hydrogen-bond acceptors (Lipinski definition) is 5. The van der Waals surface area contributed by atoms with Crippen LogP contribution in [0.25, 0.3) is 0 Å². The van der Waals surface area contributed by atoms with Crippen molar-refractivity contribution in [1.29, 1.82) is 5.26 Å². The minimum atomic E-state index is -0.444. The molecule has 0 saturated heterocycles. The number of nitrogen functional groups attached to an aromatic ring is 1.